The van der Waals surface area contributed by atoms with Crippen LogP contribution in [0.25, 0.3) is 0 Å². The molecular weight excluding hydrogens is 320 g/mol. The van der Waals surface area contributed by atoms with E-state index in [1.165, 1.54) is 9.21 Å². The summed E-state index contributed by atoms with van der Waals surface area (Å²) < 4.78 is 36.9. The number of aryl methyl sites for hydroxylation is 1. The van der Waals surface area contributed by atoms with Crippen molar-refractivity contribution in [1.29, 1.82) is 0 Å². The molecule has 1 aliphatic heterocycles. The summed E-state index contributed by atoms with van der Waals surface area (Å²) in [6, 6.07) is 4.79. The Kier molecular flexibility index (Phi) is 5.48. The van der Waals surface area contributed by atoms with Gasteiger partial charge in [-0.05, 0) is 37.6 Å². The highest BCUT2D eigenvalue weighted by atomic mass is 32.2. The Hall–Kier alpha value is -1.80. The summed E-state index contributed by atoms with van der Waals surface area (Å²) in [7, 11) is -2.03. The smallest absolute Gasteiger partial charge is 0.409 e. The van der Waals surface area contributed by atoms with Gasteiger partial charge in [0.1, 0.15) is 5.75 Å². The van der Waals surface area contributed by atoms with Crippen LogP contribution in [0.2, 0.25) is 0 Å². The second-order valence-electron chi connectivity index (χ2n) is 5.22. The maximum absolute atomic E-state index is 12.7. The molecule has 7 nitrogen and oxygen atoms in total. The van der Waals surface area contributed by atoms with Crippen LogP contribution in [0.4, 0.5) is 4.79 Å². The van der Waals surface area contributed by atoms with Gasteiger partial charge < -0.3 is 14.4 Å². The second-order valence-corrected chi connectivity index (χ2v) is 7.16. The van der Waals surface area contributed by atoms with Crippen molar-refractivity contribution in [2.24, 2.45) is 0 Å². The first kappa shape index (κ1) is 17.6. The van der Waals surface area contributed by atoms with Gasteiger partial charge in [-0.15, -0.1) is 0 Å². The monoisotopic (exact) mass is 342 g/mol. The molecule has 2 rings (SSSR count). The van der Waals surface area contributed by atoms with Gasteiger partial charge in [0.25, 0.3) is 0 Å². The molecule has 1 aromatic rings. The van der Waals surface area contributed by atoms with Crippen molar-refractivity contribution in [1.82, 2.24) is 9.21 Å². The first-order valence-electron chi connectivity index (χ1n) is 7.46. The largest absolute Gasteiger partial charge is 0.496 e. The van der Waals surface area contributed by atoms with E-state index in [0.29, 0.717) is 25.4 Å². The maximum atomic E-state index is 12.7. The molecule has 1 fully saturated rings. The molecule has 0 spiro atoms. The highest BCUT2D eigenvalue weighted by molar-refractivity contribution is 7.89. The zero-order chi connectivity index (χ0) is 17.0. The Morgan fingerprint density at radius 2 is 1.87 bits per heavy atom. The van der Waals surface area contributed by atoms with Crippen molar-refractivity contribution in [3.63, 3.8) is 0 Å². The van der Waals surface area contributed by atoms with Gasteiger partial charge in [0.05, 0.1) is 18.6 Å². The van der Waals surface area contributed by atoms with Crippen molar-refractivity contribution in [2.75, 3.05) is 39.9 Å². The molecule has 1 amide bonds. The molecule has 128 valence electrons. The highest BCUT2D eigenvalue weighted by Crippen LogP contribution is 2.24. The van der Waals surface area contributed by atoms with E-state index in [0.717, 1.165) is 5.56 Å². The van der Waals surface area contributed by atoms with Gasteiger partial charge in [0.15, 0.2) is 0 Å². The molecule has 1 aromatic carbocycles. The number of piperazine rings is 1. The molecular formula is C15H22N2O5S. The molecule has 0 aliphatic carbocycles. The van der Waals surface area contributed by atoms with Crippen LogP contribution in [-0.2, 0) is 14.8 Å². The summed E-state index contributed by atoms with van der Waals surface area (Å²) in [5.41, 5.74) is 0.763. The van der Waals surface area contributed by atoms with Crippen molar-refractivity contribution in [2.45, 2.75) is 18.7 Å². The molecule has 0 saturated carbocycles. The number of nitrogens with zero attached hydrogens (tertiary/aromatic N) is 2. The zero-order valence-corrected chi connectivity index (χ0v) is 14.4. The number of amides is 1. The second kappa shape index (κ2) is 7.18. The lowest BCUT2D eigenvalue weighted by atomic mass is 10.2. The minimum Gasteiger partial charge on any atom is -0.496 e. The topological polar surface area (TPSA) is 76.2 Å². The molecule has 1 saturated heterocycles. The molecule has 0 radical (unpaired) electrons. The average Bonchev–Trinajstić information content (AvgIpc) is 2.55. The Bertz CT molecular complexity index is 666. The van der Waals surface area contributed by atoms with Gasteiger partial charge in [-0.25, -0.2) is 13.2 Å². The minimum atomic E-state index is -3.57. The Labute approximate surface area is 136 Å². The fourth-order valence-corrected chi connectivity index (χ4v) is 3.99. The van der Waals surface area contributed by atoms with E-state index in [2.05, 4.69) is 0 Å². The van der Waals surface area contributed by atoms with Crippen molar-refractivity contribution < 1.29 is 22.7 Å². The van der Waals surface area contributed by atoms with Crippen LogP contribution in [0, 0.1) is 6.92 Å². The third kappa shape index (κ3) is 3.76. The van der Waals surface area contributed by atoms with Crippen LogP contribution in [-0.4, -0.2) is 63.6 Å². The number of benzene rings is 1. The van der Waals surface area contributed by atoms with Crippen molar-refractivity contribution >= 4 is 16.1 Å². The van der Waals surface area contributed by atoms with Crippen LogP contribution < -0.4 is 4.74 Å². The fourth-order valence-electron chi connectivity index (χ4n) is 2.49. The maximum Gasteiger partial charge on any atom is 0.409 e. The lowest BCUT2D eigenvalue weighted by Gasteiger charge is -2.33. The zero-order valence-electron chi connectivity index (χ0n) is 13.6. The van der Waals surface area contributed by atoms with E-state index in [1.807, 2.05) is 0 Å². The summed E-state index contributed by atoms with van der Waals surface area (Å²) in [6.07, 6.45) is -0.398. The van der Waals surface area contributed by atoms with E-state index < -0.39 is 16.1 Å². The number of hydrogen-bond donors (Lipinski definition) is 0. The number of ether oxygens (including phenoxy) is 2. The van der Waals surface area contributed by atoms with Gasteiger partial charge in [-0.1, -0.05) is 0 Å². The van der Waals surface area contributed by atoms with E-state index >= 15 is 0 Å². The Morgan fingerprint density at radius 1 is 1.22 bits per heavy atom. The van der Waals surface area contributed by atoms with Crippen LogP contribution in [0.5, 0.6) is 5.75 Å². The molecule has 0 N–H and O–H groups in total. The third-order valence-electron chi connectivity index (χ3n) is 3.77. The predicted octanol–water partition coefficient (Wildman–Crippen LogP) is 1.47. The molecule has 0 aromatic heterocycles. The third-order valence-corrected chi connectivity index (χ3v) is 5.66. The number of carbonyl (C=O) groups is 1. The minimum absolute atomic E-state index is 0.236. The van der Waals surface area contributed by atoms with Crippen LogP contribution in [0.3, 0.4) is 0 Å². The summed E-state index contributed by atoms with van der Waals surface area (Å²) in [6.45, 7) is 5.02. The highest BCUT2D eigenvalue weighted by Gasteiger charge is 2.30. The molecule has 0 bridgehead atoms. The van der Waals surface area contributed by atoms with Gasteiger partial charge in [0, 0.05) is 26.2 Å². The summed E-state index contributed by atoms with van der Waals surface area (Å²) >= 11 is 0. The fraction of sp³-hybridized carbons (Fsp3) is 0.533. The molecule has 8 heteroatoms. The lowest BCUT2D eigenvalue weighted by Crippen LogP contribution is -2.50. The normalized spacial score (nSPS) is 16.2. The van der Waals surface area contributed by atoms with Gasteiger partial charge in [-0.2, -0.15) is 4.31 Å². The number of sulfonamides is 1. The first-order valence-corrected chi connectivity index (χ1v) is 8.90. The first-order chi connectivity index (χ1) is 10.9. The Balaban J connectivity index is 2.10. The molecule has 1 heterocycles. The summed E-state index contributed by atoms with van der Waals surface area (Å²) in [4.78, 5) is 13.4. The predicted molar refractivity (Wildman–Crippen MR) is 85.1 cm³/mol. The van der Waals surface area contributed by atoms with Crippen LogP contribution in [0.1, 0.15) is 12.5 Å². The number of rotatable bonds is 4. The molecule has 23 heavy (non-hydrogen) atoms. The quantitative estimate of drug-likeness (QED) is 0.828. The number of carbonyl (C=O) groups excluding carboxylic acids is 1. The van der Waals surface area contributed by atoms with Gasteiger partial charge in [-0.3, -0.25) is 0 Å². The lowest BCUT2D eigenvalue weighted by molar-refractivity contribution is 0.0934. The number of methoxy groups -OCH3 is 1. The van der Waals surface area contributed by atoms with Gasteiger partial charge in [0.2, 0.25) is 10.0 Å². The van der Waals surface area contributed by atoms with E-state index in [1.54, 1.807) is 39.2 Å². The average molecular weight is 342 g/mol. The summed E-state index contributed by atoms with van der Waals surface area (Å²) in [5, 5.41) is 0. The molecule has 1 aliphatic rings. The van der Waals surface area contributed by atoms with Gasteiger partial charge >= 0.3 is 6.09 Å². The number of hydrogen-bond acceptors (Lipinski definition) is 5. The summed E-state index contributed by atoms with van der Waals surface area (Å²) in [5.74, 6) is 0.649. The van der Waals surface area contributed by atoms with E-state index in [9.17, 15) is 13.2 Å². The van der Waals surface area contributed by atoms with E-state index in [4.69, 9.17) is 9.47 Å². The SMILES string of the molecule is CCOC(=O)N1CCN(S(=O)(=O)c2ccc(OC)c(C)c2)CC1. The standard InChI is InChI=1S/C15H22N2O5S/c1-4-22-15(18)16-7-9-17(10-8-16)23(19,20)13-5-6-14(21-3)12(2)11-13/h5-6,11H,4,7-10H2,1-3H3. The Morgan fingerprint density at radius 3 is 2.39 bits per heavy atom. The van der Waals surface area contributed by atoms with Crippen molar-refractivity contribution in [3.8, 4) is 5.75 Å². The van der Waals surface area contributed by atoms with Crippen LogP contribution in [0.15, 0.2) is 23.1 Å². The van der Waals surface area contributed by atoms with Crippen LogP contribution >= 0.6 is 0 Å². The molecule has 0 unspecified atom stereocenters. The molecule has 0 atom stereocenters. The van der Waals surface area contributed by atoms with Crippen molar-refractivity contribution in [3.05, 3.63) is 23.8 Å². The van der Waals surface area contributed by atoms with E-state index in [-0.39, 0.29) is 18.0 Å².